The van der Waals surface area contributed by atoms with Gasteiger partial charge in [-0.3, -0.25) is 0 Å². The summed E-state index contributed by atoms with van der Waals surface area (Å²) in [6.45, 7) is 2.27. The van der Waals surface area contributed by atoms with E-state index in [1.54, 1.807) is 18.2 Å². The van der Waals surface area contributed by atoms with E-state index < -0.39 is 5.97 Å². The molecule has 1 N–H and O–H groups in total. The number of rotatable bonds is 6. The molecule has 1 aromatic heterocycles. The fraction of sp³-hybridized carbons (Fsp3) is 0.267. The monoisotopic (exact) mass is 294 g/mol. The highest BCUT2D eigenvalue weighted by Gasteiger charge is 2.16. The Kier molecular flexibility index (Phi) is 4.74. The number of carboxylic acid groups (broad SMARTS) is 1. The Morgan fingerprint density at radius 2 is 2.05 bits per heavy atom. The van der Waals surface area contributed by atoms with Crippen molar-refractivity contribution >= 4 is 17.3 Å². The Bertz CT molecular complexity index is 590. The van der Waals surface area contributed by atoms with Crippen LogP contribution in [-0.2, 0) is 13.0 Å². The molecule has 0 aliphatic carbocycles. The van der Waals surface area contributed by atoms with Gasteiger partial charge in [0, 0.05) is 4.88 Å². The topological polar surface area (TPSA) is 46.5 Å². The molecule has 0 amide bonds. The van der Waals surface area contributed by atoms with Crippen LogP contribution in [0.1, 0.15) is 33.5 Å². The van der Waals surface area contributed by atoms with E-state index in [0.717, 1.165) is 23.3 Å². The van der Waals surface area contributed by atoms with Crippen LogP contribution in [0.25, 0.3) is 0 Å². The number of carboxylic acids is 1. The maximum atomic E-state index is 12.8. The molecular formula is C15H15FO3S. The zero-order valence-corrected chi connectivity index (χ0v) is 11.9. The molecule has 0 spiro atoms. The number of aromatic carboxylic acids is 1. The summed E-state index contributed by atoms with van der Waals surface area (Å²) in [5, 5.41) is 9.16. The molecule has 3 nitrogen and oxygen atoms in total. The minimum Gasteiger partial charge on any atom is -0.487 e. The summed E-state index contributed by atoms with van der Waals surface area (Å²) in [4.78, 5) is 12.4. The van der Waals surface area contributed by atoms with Crippen molar-refractivity contribution in [3.63, 3.8) is 0 Å². The molecule has 0 fully saturated rings. The summed E-state index contributed by atoms with van der Waals surface area (Å²) < 4.78 is 18.3. The zero-order chi connectivity index (χ0) is 14.5. The fourth-order valence-electron chi connectivity index (χ4n) is 1.79. The van der Waals surface area contributed by atoms with Crippen LogP contribution in [0.2, 0.25) is 0 Å². The maximum absolute atomic E-state index is 12.8. The van der Waals surface area contributed by atoms with E-state index in [4.69, 9.17) is 9.84 Å². The number of hydrogen-bond acceptors (Lipinski definition) is 3. The van der Waals surface area contributed by atoms with Gasteiger partial charge in [0.2, 0.25) is 0 Å². The molecule has 2 rings (SSSR count). The van der Waals surface area contributed by atoms with Gasteiger partial charge in [0.25, 0.3) is 0 Å². The lowest BCUT2D eigenvalue weighted by atomic mass is 10.2. The largest absolute Gasteiger partial charge is 0.487 e. The van der Waals surface area contributed by atoms with Crippen molar-refractivity contribution in [2.45, 2.75) is 26.4 Å². The molecule has 0 aliphatic rings. The van der Waals surface area contributed by atoms with Gasteiger partial charge in [0.05, 0.1) is 0 Å². The Hall–Kier alpha value is -1.88. The highest BCUT2D eigenvalue weighted by molar-refractivity contribution is 7.14. The van der Waals surface area contributed by atoms with Crippen molar-refractivity contribution < 1.29 is 19.0 Å². The first-order chi connectivity index (χ1) is 9.60. The SMILES string of the molecule is CCCc1cc(OCc2ccc(F)cc2)c(C(=O)O)s1. The molecular weight excluding hydrogens is 279 g/mol. The predicted molar refractivity (Wildman–Crippen MR) is 76.0 cm³/mol. The molecule has 0 saturated heterocycles. The number of halogens is 1. The van der Waals surface area contributed by atoms with E-state index in [-0.39, 0.29) is 17.3 Å². The van der Waals surface area contributed by atoms with E-state index in [1.807, 2.05) is 6.92 Å². The Morgan fingerprint density at radius 1 is 1.35 bits per heavy atom. The van der Waals surface area contributed by atoms with Crippen molar-refractivity contribution in [3.8, 4) is 5.75 Å². The van der Waals surface area contributed by atoms with Gasteiger partial charge in [0.1, 0.15) is 18.2 Å². The van der Waals surface area contributed by atoms with Crippen LogP contribution in [0.4, 0.5) is 4.39 Å². The standard InChI is InChI=1S/C15H15FO3S/c1-2-3-12-8-13(14(20-12)15(17)18)19-9-10-4-6-11(16)7-5-10/h4-8H,2-3,9H2,1H3,(H,17,18). The minimum atomic E-state index is -0.980. The number of hydrogen-bond donors (Lipinski definition) is 1. The smallest absolute Gasteiger partial charge is 0.349 e. The summed E-state index contributed by atoms with van der Waals surface area (Å²) >= 11 is 1.25. The number of thiophene rings is 1. The van der Waals surface area contributed by atoms with Gasteiger partial charge in [0.15, 0.2) is 4.88 Å². The highest BCUT2D eigenvalue weighted by Crippen LogP contribution is 2.31. The van der Waals surface area contributed by atoms with Crippen LogP contribution >= 0.6 is 11.3 Å². The molecule has 0 atom stereocenters. The molecule has 20 heavy (non-hydrogen) atoms. The first kappa shape index (κ1) is 14.5. The Labute approximate surface area is 120 Å². The van der Waals surface area contributed by atoms with Crippen LogP contribution in [0, 0.1) is 5.82 Å². The van der Waals surface area contributed by atoms with Crippen molar-refractivity contribution in [3.05, 3.63) is 51.5 Å². The minimum absolute atomic E-state index is 0.218. The van der Waals surface area contributed by atoms with E-state index in [1.165, 1.54) is 23.5 Å². The molecule has 0 radical (unpaired) electrons. The molecule has 2 aromatic rings. The first-order valence-electron chi connectivity index (χ1n) is 6.33. The van der Waals surface area contributed by atoms with E-state index in [9.17, 15) is 9.18 Å². The van der Waals surface area contributed by atoms with Gasteiger partial charge in [-0.2, -0.15) is 0 Å². The third kappa shape index (κ3) is 3.57. The lowest BCUT2D eigenvalue weighted by Crippen LogP contribution is -2.00. The average molecular weight is 294 g/mol. The van der Waals surface area contributed by atoms with Gasteiger partial charge >= 0.3 is 5.97 Å². The van der Waals surface area contributed by atoms with Crippen LogP contribution in [0.5, 0.6) is 5.75 Å². The summed E-state index contributed by atoms with van der Waals surface area (Å²) in [5.74, 6) is -0.900. The maximum Gasteiger partial charge on any atom is 0.349 e. The van der Waals surface area contributed by atoms with Crippen LogP contribution < -0.4 is 4.74 Å². The van der Waals surface area contributed by atoms with Gasteiger partial charge in [-0.05, 0) is 30.2 Å². The molecule has 5 heteroatoms. The van der Waals surface area contributed by atoms with Gasteiger partial charge in [-0.1, -0.05) is 25.5 Å². The molecule has 0 unspecified atom stereocenters. The summed E-state index contributed by atoms with van der Waals surface area (Å²) in [6, 6.07) is 7.73. The van der Waals surface area contributed by atoms with Gasteiger partial charge < -0.3 is 9.84 Å². The number of aryl methyl sites for hydroxylation is 1. The molecule has 1 aromatic carbocycles. The van der Waals surface area contributed by atoms with Gasteiger partial charge in [-0.25, -0.2) is 9.18 Å². The van der Waals surface area contributed by atoms with E-state index >= 15 is 0 Å². The van der Waals surface area contributed by atoms with Crippen molar-refractivity contribution in [2.24, 2.45) is 0 Å². The fourth-order valence-corrected chi connectivity index (χ4v) is 2.83. The number of benzene rings is 1. The number of ether oxygens (including phenoxy) is 1. The summed E-state index contributed by atoms with van der Waals surface area (Å²) in [5.41, 5.74) is 0.797. The van der Waals surface area contributed by atoms with Crippen molar-refractivity contribution in [2.75, 3.05) is 0 Å². The third-order valence-electron chi connectivity index (χ3n) is 2.75. The quantitative estimate of drug-likeness (QED) is 0.871. The molecule has 0 bridgehead atoms. The normalized spacial score (nSPS) is 10.5. The molecule has 106 valence electrons. The Morgan fingerprint density at radius 3 is 2.65 bits per heavy atom. The van der Waals surface area contributed by atoms with Gasteiger partial charge in [-0.15, -0.1) is 11.3 Å². The second kappa shape index (κ2) is 6.52. The van der Waals surface area contributed by atoms with Crippen LogP contribution in [-0.4, -0.2) is 11.1 Å². The average Bonchev–Trinajstić information content (AvgIpc) is 2.82. The second-order valence-electron chi connectivity index (χ2n) is 4.38. The summed E-state index contributed by atoms with van der Waals surface area (Å²) in [6.07, 6.45) is 1.79. The van der Waals surface area contributed by atoms with E-state index in [2.05, 4.69) is 0 Å². The molecule has 0 aliphatic heterocycles. The van der Waals surface area contributed by atoms with E-state index in [0.29, 0.717) is 5.75 Å². The van der Waals surface area contributed by atoms with Crippen LogP contribution in [0.15, 0.2) is 30.3 Å². The van der Waals surface area contributed by atoms with Crippen LogP contribution in [0.3, 0.4) is 0 Å². The molecule has 1 heterocycles. The number of carbonyl (C=O) groups is 1. The highest BCUT2D eigenvalue weighted by atomic mass is 32.1. The third-order valence-corrected chi connectivity index (χ3v) is 3.91. The second-order valence-corrected chi connectivity index (χ2v) is 5.51. The predicted octanol–water partition coefficient (Wildman–Crippen LogP) is 4.12. The van der Waals surface area contributed by atoms with Crippen molar-refractivity contribution in [1.82, 2.24) is 0 Å². The lowest BCUT2D eigenvalue weighted by molar-refractivity contribution is 0.0697. The summed E-state index contributed by atoms with van der Waals surface area (Å²) in [7, 11) is 0. The Balaban J connectivity index is 2.11. The first-order valence-corrected chi connectivity index (χ1v) is 7.15. The van der Waals surface area contributed by atoms with Crippen molar-refractivity contribution in [1.29, 1.82) is 0 Å². The molecule has 0 saturated carbocycles. The lowest BCUT2D eigenvalue weighted by Gasteiger charge is -2.05. The zero-order valence-electron chi connectivity index (χ0n) is 11.1.